The molecule has 15 heavy (non-hydrogen) atoms. The summed E-state index contributed by atoms with van der Waals surface area (Å²) in [5.74, 6) is 0.114. The lowest BCUT2D eigenvalue weighted by Gasteiger charge is -2.15. The average molecular weight is 210 g/mol. The van der Waals surface area contributed by atoms with Crippen molar-refractivity contribution in [2.45, 2.75) is 51.6 Å². The summed E-state index contributed by atoms with van der Waals surface area (Å²) in [6, 6.07) is 0.767. The molecule has 3 nitrogen and oxygen atoms in total. The Morgan fingerprint density at radius 3 is 2.73 bits per heavy atom. The third-order valence-corrected chi connectivity index (χ3v) is 2.69. The minimum absolute atomic E-state index is 0.114. The Labute approximate surface area is 92.3 Å². The standard InChI is InChI=1S/C12H22N2O/c1-3-6-10(2)14-12(15)9-13-11-7-4-5-8-11/h4-5,10-11,13H,3,6-9H2,1-2H3,(H,14,15). The van der Waals surface area contributed by atoms with Gasteiger partial charge in [0, 0.05) is 12.1 Å². The number of carbonyl (C=O) groups is 1. The zero-order valence-corrected chi connectivity index (χ0v) is 9.75. The van der Waals surface area contributed by atoms with E-state index >= 15 is 0 Å². The van der Waals surface area contributed by atoms with Crippen molar-refractivity contribution in [3.05, 3.63) is 12.2 Å². The van der Waals surface area contributed by atoms with E-state index in [2.05, 4.69) is 36.6 Å². The molecular weight excluding hydrogens is 188 g/mol. The van der Waals surface area contributed by atoms with Gasteiger partial charge in [-0.25, -0.2) is 0 Å². The average Bonchev–Trinajstić information content (AvgIpc) is 2.67. The second kappa shape index (κ2) is 6.62. The lowest BCUT2D eigenvalue weighted by Crippen LogP contribution is -2.41. The predicted octanol–water partition coefficient (Wildman–Crippen LogP) is 1.60. The zero-order chi connectivity index (χ0) is 11.1. The van der Waals surface area contributed by atoms with Gasteiger partial charge in [-0.15, -0.1) is 0 Å². The molecule has 0 saturated carbocycles. The minimum Gasteiger partial charge on any atom is -0.353 e. The molecule has 0 aromatic rings. The van der Waals surface area contributed by atoms with Crippen LogP contribution in [-0.2, 0) is 4.79 Å². The normalized spacial score (nSPS) is 18.0. The van der Waals surface area contributed by atoms with Crippen LogP contribution in [-0.4, -0.2) is 24.5 Å². The highest BCUT2D eigenvalue weighted by molar-refractivity contribution is 5.78. The van der Waals surface area contributed by atoms with Gasteiger partial charge in [0.25, 0.3) is 0 Å². The fourth-order valence-corrected chi connectivity index (χ4v) is 1.85. The van der Waals surface area contributed by atoms with Crippen LogP contribution in [0.5, 0.6) is 0 Å². The van der Waals surface area contributed by atoms with Crippen LogP contribution in [0.2, 0.25) is 0 Å². The summed E-state index contributed by atoms with van der Waals surface area (Å²) in [6.07, 6.45) is 8.60. The third kappa shape index (κ3) is 4.98. The summed E-state index contributed by atoms with van der Waals surface area (Å²) < 4.78 is 0. The van der Waals surface area contributed by atoms with Gasteiger partial charge in [0.05, 0.1) is 6.54 Å². The minimum atomic E-state index is 0.114. The molecule has 86 valence electrons. The quantitative estimate of drug-likeness (QED) is 0.654. The van der Waals surface area contributed by atoms with Crippen molar-refractivity contribution in [2.75, 3.05) is 6.54 Å². The molecule has 1 unspecified atom stereocenters. The SMILES string of the molecule is CCCC(C)NC(=O)CNC1CC=CC1. The van der Waals surface area contributed by atoms with E-state index in [1.807, 2.05) is 0 Å². The van der Waals surface area contributed by atoms with Crippen LogP contribution in [0, 0.1) is 0 Å². The van der Waals surface area contributed by atoms with Crippen molar-refractivity contribution in [1.82, 2.24) is 10.6 Å². The van der Waals surface area contributed by atoms with Crippen molar-refractivity contribution in [3.63, 3.8) is 0 Å². The van der Waals surface area contributed by atoms with E-state index in [1.165, 1.54) is 0 Å². The van der Waals surface area contributed by atoms with Crippen LogP contribution in [0.15, 0.2) is 12.2 Å². The maximum absolute atomic E-state index is 11.5. The second-order valence-corrected chi connectivity index (χ2v) is 4.28. The topological polar surface area (TPSA) is 41.1 Å². The predicted molar refractivity (Wildman–Crippen MR) is 62.7 cm³/mol. The number of nitrogens with one attached hydrogen (secondary N) is 2. The molecule has 0 spiro atoms. The monoisotopic (exact) mass is 210 g/mol. The molecule has 3 heteroatoms. The molecule has 1 aliphatic rings. The smallest absolute Gasteiger partial charge is 0.234 e. The van der Waals surface area contributed by atoms with Gasteiger partial charge in [-0.05, 0) is 26.2 Å². The Bertz CT molecular complexity index is 218. The van der Waals surface area contributed by atoms with Crippen LogP contribution in [0.3, 0.4) is 0 Å². The van der Waals surface area contributed by atoms with Crippen LogP contribution >= 0.6 is 0 Å². The largest absolute Gasteiger partial charge is 0.353 e. The lowest BCUT2D eigenvalue weighted by atomic mass is 10.2. The molecule has 0 saturated heterocycles. The van der Waals surface area contributed by atoms with E-state index in [0.717, 1.165) is 25.7 Å². The molecule has 1 amide bonds. The Kier molecular flexibility index (Phi) is 5.40. The van der Waals surface area contributed by atoms with E-state index in [1.54, 1.807) is 0 Å². The van der Waals surface area contributed by atoms with Crippen LogP contribution < -0.4 is 10.6 Å². The first kappa shape index (κ1) is 12.2. The Morgan fingerprint density at radius 1 is 1.47 bits per heavy atom. The zero-order valence-electron chi connectivity index (χ0n) is 9.75. The molecule has 0 aliphatic heterocycles. The number of hydrogen-bond acceptors (Lipinski definition) is 2. The van der Waals surface area contributed by atoms with Crippen molar-refractivity contribution in [2.24, 2.45) is 0 Å². The summed E-state index contributed by atoms with van der Waals surface area (Å²) in [5, 5.41) is 6.24. The molecule has 1 aliphatic carbocycles. The Morgan fingerprint density at radius 2 is 2.13 bits per heavy atom. The third-order valence-electron chi connectivity index (χ3n) is 2.69. The molecule has 0 aromatic carbocycles. The number of rotatable bonds is 6. The van der Waals surface area contributed by atoms with E-state index in [4.69, 9.17) is 0 Å². The highest BCUT2D eigenvalue weighted by Gasteiger charge is 2.11. The summed E-state index contributed by atoms with van der Waals surface area (Å²) in [7, 11) is 0. The van der Waals surface area contributed by atoms with Gasteiger partial charge in [-0.3, -0.25) is 4.79 Å². The van der Waals surface area contributed by atoms with Gasteiger partial charge in [-0.2, -0.15) is 0 Å². The number of hydrogen-bond donors (Lipinski definition) is 2. The van der Waals surface area contributed by atoms with Crippen LogP contribution in [0.25, 0.3) is 0 Å². The first-order valence-corrected chi connectivity index (χ1v) is 5.90. The van der Waals surface area contributed by atoms with Crippen molar-refractivity contribution in [1.29, 1.82) is 0 Å². The number of carbonyl (C=O) groups excluding carboxylic acids is 1. The van der Waals surface area contributed by atoms with Gasteiger partial charge >= 0.3 is 0 Å². The Hall–Kier alpha value is -0.830. The van der Waals surface area contributed by atoms with E-state index in [9.17, 15) is 4.79 Å². The second-order valence-electron chi connectivity index (χ2n) is 4.28. The maximum atomic E-state index is 11.5. The van der Waals surface area contributed by atoms with Gasteiger partial charge in [0.1, 0.15) is 0 Å². The summed E-state index contributed by atoms with van der Waals surface area (Å²) in [6.45, 7) is 4.63. The van der Waals surface area contributed by atoms with E-state index in [-0.39, 0.29) is 5.91 Å². The first-order valence-electron chi connectivity index (χ1n) is 5.90. The van der Waals surface area contributed by atoms with Crippen LogP contribution in [0.1, 0.15) is 39.5 Å². The summed E-state index contributed by atoms with van der Waals surface area (Å²) in [5.41, 5.74) is 0. The molecule has 0 heterocycles. The first-order chi connectivity index (χ1) is 7.22. The molecule has 0 bridgehead atoms. The lowest BCUT2D eigenvalue weighted by molar-refractivity contribution is -0.121. The summed E-state index contributed by atoms with van der Waals surface area (Å²) >= 11 is 0. The molecule has 0 aromatic heterocycles. The van der Waals surface area contributed by atoms with Crippen molar-refractivity contribution < 1.29 is 4.79 Å². The van der Waals surface area contributed by atoms with E-state index in [0.29, 0.717) is 18.6 Å². The fraction of sp³-hybridized carbons (Fsp3) is 0.750. The van der Waals surface area contributed by atoms with Crippen molar-refractivity contribution in [3.8, 4) is 0 Å². The van der Waals surface area contributed by atoms with E-state index < -0.39 is 0 Å². The molecule has 0 radical (unpaired) electrons. The van der Waals surface area contributed by atoms with Crippen LogP contribution in [0.4, 0.5) is 0 Å². The van der Waals surface area contributed by atoms with Gasteiger partial charge in [0.2, 0.25) is 5.91 Å². The molecule has 2 N–H and O–H groups in total. The molecular formula is C12H22N2O. The van der Waals surface area contributed by atoms with Gasteiger partial charge in [0.15, 0.2) is 0 Å². The van der Waals surface area contributed by atoms with Gasteiger partial charge in [-0.1, -0.05) is 25.5 Å². The highest BCUT2D eigenvalue weighted by Crippen LogP contribution is 2.08. The number of amides is 1. The summed E-state index contributed by atoms with van der Waals surface area (Å²) in [4.78, 5) is 11.5. The maximum Gasteiger partial charge on any atom is 0.234 e. The fourth-order valence-electron chi connectivity index (χ4n) is 1.85. The van der Waals surface area contributed by atoms with Crippen molar-refractivity contribution >= 4 is 5.91 Å². The molecule has 1 atom stereocenters. The van der Waals surface area contributed by atoms with Gasteiger partial charge < -0.3 is 10.6 Å². The molecule has 0 fully saturated rings. The molecule has 1 rings (SSSR count). The highest BCUT2D eigenvalue weighted by atomic mass is 16.1. The Balaban J connectivity index is 2.07.